The molecule has 62 valence electrons. The molecule has 0 bridgehead atoms. The zero-order valence-electron chi connectivity index (χ0n) is 7.13. The molecule has 0 aliphatic heterocycles. The van der Waals surface area contributed by atoms with E-state index in [9.17, 15) is 0 Å². The van der Waals surface area contributed by atoms with Crippen molar-refractivity contribution in [1.82, 2.24) is 4.98 Å². The summed E-state index contributed by atoms with van der Waals surface area (Å²) in [4.78, 5) is 4.01. The highest BCUT2D eigenvalue weighted by molar-refractivity contribution is 7.99. The second-order valence-corrected chi connectivity index (χ2v) is 4.27. The van der Waals surface area contributed by atoms with Gasteiger partial charge >= 0.3 is 0 Å². The minimum Gasteiger partial charge on any atom is -0.445 e. The van der Waals surface area contributed by atoms with Gasteiger partial charge in [-0.1, -0.05) is 13.8 Å². The van der Waals surface area contributed by atoms with Crippen molar-refractivity contribution in [1.29, 1.82) is 0 Å². The number of aromatic nitrogens is 1. The Morgan fingerprint density at radius 3 is 2.82 bits per heavy atom. The molecule has 0 atom stereocenters. The Labute approximate surface area is 71.4 Å². The molecular weight excluding hydrogens is 158 g/mol. The second kappa shape index (κ2) is 3.81. The Kier molecular flexibility index (Phi) is 3.00. The van der Waals surface area contributed by atoms with Crippen molar-refractivity contribution in [2.24, 2.45) is 0 Å². The van der Waals surface area contributed by atoms with Gasteiger partial charge in [0.1, 0.15) is 5.76 Å². The number of thioether (sulfide) groups is 1. The fourth-order valence-corrected chi connectivity index (χ4v) is 1.35. The van der Waals surface area contributed by atoms with E-state index in [1.807, 2.05) is 18.7 Å². The van der Waals surface area contributed by atoms with E-state index in [1.165, 1.54) is 0 Å². The normalized spacial score (nSPS) is 10.9. The van der Waals surface area contributed by atoms with Crippen LogP contribution in [-0.2, 0) is 5.75 Å². The van der Waals surface area contributed by atoms with E-state index in [-0.39, 0.29) is 0 Å². The monoisotopic (exact) mass is 171 g/mol. The highest BCUT2D eigenvalue weighted by Crippen LogP contribution is 2.17. The van der Waals surface area contributed by atoms with Gasteiger partial charge in [-0.3, -0.25) is 0 Å². The molecule has 1 aromatic rings. The van der Waals surface area contributed by atoms with Crippen LogP contribution in [0.5, 0.6) is 0 Å². The van der Waals surface area contributed by atoms with Gasteiger partial charge in [-0.05, 0) is 5.25 Å². The van der Waals surface area contributed by atoms with Gasteiger partial charge in [0.25, 0.3) is 0 Å². The summed E-state index contributed by atoms with van der Waals surface area (Å²) in [6.45, 7) is 6.21. The lowest BCUT2D eigenvalue weighted by molar-refractivity contribution is 0.491. The van der Waals surface area contributed by atoms with Crippen molar-refractivity contribution >= 4 is 11.8 Å². The molecule has 2 nitrogen and oxygen atoms in total. The van der Waals surface area contributed by atoms with Crippen LogP contribution in [0.15, 0.2) is 10.6 Å². The van der Waals surface area contributed by atoms with Crippen LogP contribution in [0.2, 0.25) is 0 Å². The third kappa shape index (κ3) is 2.97. The van der Waals surface area contributed by atoms with Crippen LogP contribution in [0, 0.1) is 6.92 Å². The van der Waals surface area contributed by atoms with Gasteiger partial charge in [0.15, 0.2) is 5.89 Å². The first kappa shape index (κ1) is 8.65. The number of hydrogen-bond donors (Lipinski definition) is 0. The standard InChI is InChI=1S/C8H13NOS/c1-6(2)11-5-8-4-9-7(3)10-8/h4,6H,5H2,1-3H3. The lowest BCUT2D eigenvalue weighted by Crippen LogP contribution is -1.86. The van der Waals surface area contributed by atoms with E-state index >= 15 is 0 Å². The summed E-state index contributed by atoms with van der Waals surface area (Å²) < 4.78 is 5.30. The summed E-state index contributed by atoms with van der Waals surface area (Å²) in [6.07, 6.45) is 1.80. The van der Waals surface area contributed by atoms with E-state index in [0.717, 1.165) is 17.4 Å². The number of hydrogen-bond acceptors (Lipinski definition) is 3. The highest BCUT2D eigenvalue weighted by atomic mass is 32.2. The first-order chi connectivity index (χ1) is 5.18. The molecule has 3 heteroatoms. The van der Waals surface area contributed by atoms with Crippen molar-refractivity contribution in [3.8, 4) is 0 Å². The maximum Gasteiger partial charge on any atom is 0.191 e. The Morgan fingerprint density at radius 2 is 2.36 bits per heavy atom. The molecule has 0 radical (unpaired) electrons. The van der Waals surface area contributed by atoms with Gasteiger partial charge in [0.05, 0.1) is 11.9 Å². The first-order valence-electron chi connectivity index (χ1n) is 3.71. The van der Waals surface area contributed by atoms with E-state index in [4.69, 9.17) is 4.42 Å². The minimum absolute atomic E-state index is 0.653. The smallest absolute Gasteiger partial charge is 0.191 e. The van der Waals surface area contributed by atoms with E-state index in [0.29, 0.717) is 5.25 Å². The highest BCUT2D eigenvalue weighted by Gasteiger charge is 2.00. The first-order valence-corrected chi connectivity index (χ1v) is 4.76. The van der Waals surface area contributed by atoms with E-state index in [1.54, 1.807) is 6.20 Å². The predicted octanol–water partition coefficient (Wildman–Crippen LogP) is 2.62. The predicted molar refractivity (Wildman–Crippen MR) is 47.7 cm³/mol. The molecule has 0 unspecified atom stereocenters. The molecule has 0 spiro atoms. The molecule has 0 saturated heterocycles. The van der Waals surface area contributed by atoms with Gasteiger partial charge in [0, 0.05) is 6.92 Å². The SMILES string of the molecule is Cc1ncc(CSC(C)C)o1. The molecule has 1 aromatic heterocycles. The Hall–Kier alpha value is -0.440. The molecule has 0 aliphatic rings. The quantitative estimate of drug-likeness (QED) is 0.699. The molecule has 0 fully saturated rings. The number of oxazole rings is 1. The fourth-order valence-electron chi connectivity index (χ4n) is 0.721. The summed E-state index contributed by atoms with van der Waals surface area (Å²) >= 11 is 1.86. The number of nitrogens with zero attached hydrogens (tertiary/aromatic N) is 1. The third-order valence-electron chi connectivity index (χ3n) is 1.23. The average Bonchev–Trinajstić information content (AvgIpc) is 2.31. The lowest BCUT2D eigenvalue weighted by atomic mass is 10.6. The molecule has 0 amide bonds. The van der Waals surface area contributed by atoms with Crippen LogP contribution in [0.25, 0.3) is 0 Å². The van der Waals surface area contributed by atoms with Crippen molar-refractivity contribution in [3.63, 3.8) is 0 Å². The maximum atomic E-state index is 5.30. The van der Waals surface area contributed by atoms with Gasteiger partial charge in [0.2, 0.25) is 0 Å². The van der Waals surface area contributed by atoms with Gasteiger partial charge in [-0.2, -0.15) is 11.8 Å². The maximum absolute atomic E-state index is 5.30. The van der Waals surface area contributed by atoms with Crippen LogP contribution in [0.1, 0.15) is 25.5 Å². The minimum atomic E-state index is 0.653. The summed E-state index contributed by atoms with van der Waals surface area (Å²) in [6, 6.07) is 0. The van der Waals surface area contributed by atoms with Crippen LogP contribution < -0.4 is 0 Å². The third-order valence-corrected chi connectivity index (χ3v) is 2.35. The Bertz CT molecular complexity index is 220. The number of aryl methyl sites for hydroxylation is 1. The largest absolute Gasteiger partial charge is 0.445 e. The van der Waals surface area contributed by atoms with Crippen molar-refractivity contribution in [2.45, 2.75) is 31.8 Å². The molecular formula is C8H13NOS. The van der Waals surface area contributed by atoms with Crippen molar-refractivity contribution in [3.05, 3.63) is 17.8 Å². The topological polar surface area (TPSA) is 26.0 Å². The zero-order chi connectivity index (χ0) is 8.27. The number of rotatable bonds is 3. The summed E-state index contributed by atoms with van der Waals surface area (Å²) in [5, 5.41) is 0.653. The zero-order valence-corrected chi connectivity index (χ0v) is 7.94. The fraction of sp³-hybridized carbons (Fsp3) is 0.625. The van der Waals surface area contributed by atoms with Gasteiger partial charge in [-0.25, -0.2) is 4.98 Å². The van der Waals surface area contributed by atoms with Crippen LogP contribution in [0.4, 0.5) is 0 Å². The Morgan fingerprint density at radius 1 is 1.64 bits per heavy atom. The summed E-state index contributed by atoms with van der Waals surface area (Å²) in [5.41, 5.74) is 0. The molecule has 1 rings (SSSR count). The molecule has 1 heterocycles. The van der Waals surface area contributed by atoms with Crippen molar-refractivity contribution in [2.75, 3.05) is 0 Å². The second-order valence-electron chi connectivity index (χ2n) is 2.71. The molecule has 11 heavy (non-hydrogen) atoms. The van der Waals surface area contributed by atoms with Crippen molar-refractivity contribution < 1.29 is 4.42 Å². The van der Waals surface area contributed by atoms with Gasteiger partial charge < -0.3 is 4.42 Å². The molecule has 0 aliphatic carbocycles. The molecule has 0 N–H and O–H groups in total. The molecule has 0 aromatic carbocycles. The molecule has 0 saturated carbocycles. The summed E-state index contributed by atoms with van der Waals surface area (Å²) in [5.74, 6) is 2.66. The Balaban J connectivity index is 2.39. The average molecular weight is 171 g/mol. The summed E-state index contributed by atoms with van der Waals surface area (Å²) in [7, 11) is 0. The van der Waals surface area contributed by atoms with Gasteiger partial charge in [-0.15, -0.1) is 0 Å². The van der Waals surface area contributed by atoms with Crippen LogP contribution >= 0.6 is 11.8 Å². The van der Waals surface area contributed by atoms with E-state index < -0.39 is 0 Å². The van der Waals surface area contributed by atoms with Crippen LogP contribution in [0.3, 0.4) is 0 Å². The lowest BCUT2D eigenvalue weighted by Gasteiger charge is -1.99. The van der Waals surface area contributed by atoms with Crippen LogP contribution in [-0.4, -0.2) is 10.2 Å². The van der Waals surface area contributed by atoms with E-state index in [2.05, 4.69) is 18.8 Å².